The van der Waals surface area contributed by atoms with Crippen LogP contribution >= 0.6 is 0 Å². The lowest BCUT2D eigenvalue weighted by Crippen LogP contribution is -2.30. The molecule has 0 heterocycles. The van der Waals surface area contributed by atoms with Crippen LogP contribution in [0.1, 0.15) is 29.8 Å². The number of carbonyl (C=O) groups excluding carboxylic acids is 2. The van der Waals surface area contributed by atoms with Gasteiger partial charge in [0, 0.05) is 5.69 Å². The number of hydrogen-bond acceptors (Lipinski definition) is 5. The Bertz CT molecular complexity index is 811. The third-order valence-corrected chi connectivity index (χ3v) is 3.32. The number of para-hydroxylation sites is 1. The van der Waals surface area contributed by atoms with E-state index in [9.17, 15) is 9.59 Å². The van der Waals surface area contributed by atoms with E-state index in [-0.39, 0.29) is 6.61 Å². The Morgan fingerprint density at radius 1 is 1.20 bits per heavy atom. The number of benzene rings is 2. The molecule has 6 heteroatoms. The minimum atomic E-state index is -0.819. The fourth-order valence-corrected chi connectivity index (χ4v) is 2.09. The first-order chi connectivity index (χ1) is 12.0. The third kappa shape index (κ3) is 4.82. The van der Waals surface area contributed by atoms with Crippen molar-refractivity contribution >= 4 is 17.6 Å². The van der Waals surface area contributed by atoms with E-state index in [0.29, 0.717) is 22.6 Å². The van der Waals surface area contributed by atoms with Crippen molar-refractivity contribution < 1.29 is 19.1 Å². The number of nitriles is 1. The summed E-state index contributed by atoms with van der Waals surface area (Å²) in [4.78, 5) is 24.0. The molecular weight excluding hydrogens is 320 g/mol. The molecule has 128 valence electrons. The topological polar surface area (TPSA) is 88.4 Å². The van der Waals surface area contributed by atoms with Crippen molar-refractivity contribution in [3.63, 3.8) is 0 Å². The maximum Gasteiger partial charge on any atom is 0.338 e. The maximum atomic E-state index is 12.3. The van der Waals surface area contributed by atoms with Crippen LogP contribution < -0.4 is 10.1 Å². The molecule has 25 heavy (non-hydrogen) atoms. The van der Waals surface area contributed by atoms with E-state index in [4.69, 9.17) is 14.7 Å². The van der Waals surface area contributed by atoms with Gasteiger partial charge in [-0.05, 0) is 44.2 Å². The molecule has 0 saturated heterocycles. The predicted octanol–water partition coefficient (Wildman–Crippen LogP) is 3.14. The van der Waals surface area contributed by atoms with Crippen LogP contribution in [0.4, 0.5) is 5.69 Å². The summed E-state index contributed by atoms with van der Waals surface area (Å²) >= 11 is 0. The number of anilines is 1. The Morgan fingerprint density at radius 3 is 2.68 bits per heavy atom. The first kappa shape index (κ1) is 18.0. The molecule has 0 aliphatic carbocycles. The summed E-state index contributed by atoms with van der Waals surface area (Å²) in [5, 5.41) is 11.7. The van der Waals surface area contributed by atoms with E-state index in [1.165, 1.54) is 6.07 Å². The summed E-state index contributed by atoms with van der Waals surface area (Å²) in [5.41, 5.74) is 1.16. The number of amides is 1. The number of nitrogens with zero attached hydrogens (tertiary/aromatic N) is 1. The average Bonchev–Trinajstić information content (AvgIpc) is 2.62. The first-order valence-corrected chi connectivity index (χ1v) is 7.79. The van der Waals surface area contributed by atoms with Gasteiger partial charge >= 0.3 is 5.97 Å². The van der Waals surface area contributed by atoms with Crippen molar-refractivity contribution in [1.82, 2.24) is 0 Å². The lowest BCUT2D eigenvalue weighted by Gasteiger charge is -2.15. The molecule has 1 amide bonds. The SMILES string of the molecule is CCOC(=O)c1cccc(NC(=O)C(C)Oc2ccccc2C#N)c1. The van der Waals surface area contributed by atoms with Gasteiger partial charge in [-0.3, -0.25) is 4.79 Å². The summed E-state index contributed by atoms with van der Waals surface area (Å²) < 4.78 is 10.5. The zero-order valence-corrected chi connectivity index (χ0v) is 14.0. The molecule has 0 aliphatic heterocycles. The molecule has 0 saturated carbocycles. The molecule has 2 aromatic carbocycles. The van der Waals surface area contributed by atoms with Crippen molar-refractivity contribution in [2.75, 3.05) is 11.9 Å². The number of ether oxygens (including phenoxy) is 2. The van der Waals surface area contributed by atoms with Gasteiger partial charge in [-0.1, -0.05) is 18.2 Å². The zero-order chi connectivity index (χ0) is 18.2. The van der Waals surface area contributed by atoms with Gasteiger partial charge in [0.2, 0.25) is 0 Å². The Morgan fingerprint density at radius 2 is 1.96 bits per heavy atom. The molecule has 6 nitrogen and oxygen atoms in total. The molecule has 0 fully saturated rings. The first-order valence-electron chi connectivity index (χ1n) is 7.79. The Labute approximate surface area is 146 Å². The van der Waals surface area contributed by atoms with Gasteiger partial charge < -0.3 is 14.8 Å². The molecule has 2 aromatic rings. The highest BCUT2D eigenvalue weighted by molar-refractivity contribution is 5.96. The van der Waals surface area contributed by atoms with Crippen LogP contribution in [0.5, 0.6) is 5.75 Å². The van der Waals surface area contributed by atoms with Crippen LogP contribution in [-0.4, -0.2) is 24.6 Å². The van der Waals surface area contributed by atoms with Crippen molar-refractivity contribution in [1.29, 1.82) is 5.26 Å². The maximum absolute atomic E-state index is 12.3. The summed E-state index contributed by atoms with van der Waals surface area (Å²) in [6.45, 7) is 3.58. The highest BCUT2D eigenvalue weighted by atomic mass is 16.5. The number of esters is 1. The summed E-state index contributed by atoms with van der Waals surface area (Å²) in [7, 11) is 0. The van der Waals surface area contributed by atoms with Gasteiger partial charge in [0.25, 0.3) is 5.91 Å². The quantitative estimate of drug-likeness (QED) is 0.818. The van der Waals surface area contributed by atoms with E-state index in [1.807, 2.05) is 6.07 Å². The Kier molecular flexibility index (Phi) is 6.13. The summed E-state index contributed by atoms with van der Waals surface area (Å²) in [6.07, 6.45) is -0.819. The second-order valence-electron chi connectivity index (χ2n) is 5.16. The lowest BCUT2D eigenvalue weighted by atomic mass is 10.2. The number of carbonyl (C=O) groups is 2. The highest BCUT2D eigenvalue weighted by Gasteiger charge is 2.17. The smallest absolute Gasteiger partial charge is 0.338 e. The van der Waals surface area contributed by atoms with Crippen molar-refractivity contribution in [2.24, 2.45) is 0 Å². The molecule has 1 unspecified atom stereocenters. The van der Waals surface area contributed by atoms with Crippen molar-refractivity contribution in [2.45, 2.75) is 20.0 Å². The fourth-order valence-electron chi connectivity index (χ4n) is 2.09. The lowest BCUT2D eigenvalue weighted by molar-refractivity contribution is -0.122. The molecular formula is C19H18N2O4. The van der Waals surface area contributed by atoms with E-state index in [2.05, 4.69) is 5.32 Å². The van der Waals surface area contributed by atoms with Crippen molar-refractivity contribution in [3.8, 4) is 11.8 Å². The second-order valence-corrected chi connectivity index (χ2v) is 5.16. The number of hydrogen-bond donors (Lipinski definition) is 1. The van der Waals surface area contributed by atoms with E-state index < -0.39 is 18.0 Å². The highest BCUT2D eigenvalue weighted by Crippen LogP contribution is 2.19. The minimum absolute atomic E-state index is 0.276. The van der Waals surface area contributed by atoms with Crippen LogP contribution in [0, 0.1) is 11.3 Å². The second kappa shape index (κ2) is 8.50. The van der Waals surface area contributed by atoms with Crippen LogP contribution in [0.15, 0.2) is 48.5 Å². The monoisotopic (exact) mass is 338 g/mol. The number of nitrogens with one attached hydrogen (secondary N) is 1. The van der Waals surface area contributed by atoms with Gasteiger partial charge in [0.05, 0.1) is 17.7 Å². The fraction of sp³-hybridized carbons (Fsp3) is 0.211. The summed E-state index contributed by atoms with van der Waals surface area (Å²) in [6, 6.07) is 15.2. The zero-order valence-electron chi connectivity index (χ0n) is 14.0. The van der Waals surface area contributed by atoms with Gasteiger partial charge in [-0.25, -0.2) is 4.79 Å². The van der Waals surface area contributed by atoms with E-state index in [0.717, 1.165) is 0 Å². The normalized spacial score (nSPS) is 11.1. The number of rotatable bonds is 6. The third-order valence-electron chi connectivity index (χ3n) is 3.32. The van der Waals surface area contributed by atoms with Gasteiger partial charge in [-0.15, -0.1) is 0 Å². The van der Waals surface area contributed by atoms with Crippen LogP contribution in [0.3, 0.4) is 0 Å². The molecule has 1 atom stereocenters. The molecule has 2 rings (SSSR count). The van der Waals surface area contributed by atoms with Crippen LogP contribution in [0.2, 0.25) is 0 Å². The Hall–Kier alpha value is -3.33. The summed E-state index contributed by atoms with van der Waals surface area (Å²) in [5.74, 6) is -0.507. The van der Waals surface area contributed by atoms with Gasteiger partial charge in [0.1, 0.15) is 11.8 Å². The molecule has 0 aromatic heterocycles. The van der Waals surface area contributed by atoms with Crippen LogP contribution in [0.25, 0.3) is 0 Å². The van der Waals surface area contributed by atoms with Crippen LogP contribution in [-0.2, 0) is 9.53 Å². The van der Waals surface area contributed by atoms with Gasteiger partial charge in [0.15, 0.2) is 6.10 Å². The molecule has 0 spiro atoms. The van der Waals surface area contributed by atoms with Crippen molar-refractivity contribution in [3.05, 3.63) is 59.7 Å². The predicted molar refractivity (Wildman–Crippen MR) is 92.3 cm³/mol. The molecule has 0 aliphatic rings. The van der Waals surface area contributed by atoms with Gasteiger partial charge in [-0.2, -0.15) is 5.26 Å². The Balaban J connectivity index is 2.05. The standard InChI is InChI=1S/C19H18N2O4/c1-3-24-19(23)14-8-6-9-16(11-14)21-18(22)13(2)25-17-10-5-4-7-15(17)12-20/h4-11,13H,3H2,1-2H3,(H,21,22). The van der Waals surface area contributed by atoms with E-state index in [1.54, 1.807) is 56.3 Å². The molecule has 1 N–H and O–H groups in total. The average molecular weight is 338 g/mol. The molecule has 0 bridgehead atoms. The molecule has 0 radical (unpaired) electrons. The minimum Gasteiger partial charge on any atom is -0.480 e. The van der Waals surface area contributed by atoms with E-state index >= 15 is 0 Å². The largest absolute Gasteiger partial charge is 0.480 e.